The summed E-state index contributed by atoms with van der Waals surface area (Å²) >= 11 is 6.10. The maximum Gasteiger partial charge on any atom is 0.253 e. The van der Waals surface area contributed by atoms with E-state index < -0.39 is 0 Å². The molecule has 0 aliphatic carbocycles. The summed E-state index contributed by atoms with van der Waals surface area (Å²) < 4.78 is 0. The van der Waals surface area contributed by atoms with Gasteiger partial charge in [-0.25, -0.2) is 4.98 Å². The number of nitrogens with zero attached hydrogens (tertiary/aromatic N) is 4. The van der Waals surface area contributed by atoms with Crippen LogP contribution < -0.4 is 0 Å². The van der Waals surface area contributed by atoms with Crippen LogP contribution in [-0.4, -0.2) is 38.8 Å². The smallest absolute Gasteiger partial charge is 0.253 e. The molecule has 0 saturated carbocycles. The van der Waals surface area contributed by atoms with E-state index >= 15 is 0 Å². The third-order valence-electron chi connectivity index (χ3n) is 4.83. The first-order chi connectivity index (χ1) is 13.2. The van der Waals surface area contributed by atoms with Gasteiger partial charge in [-0.05, 0) is 37.1 Å². The van der Waals surface area contributed by atoms with Crippen LogP contribution in [0.5, 0.6) is 0 Å². The van der Waals surface area contributed by atoms with Crippen molar-refractivity contribution < 1.29 is 4.79 Å². The lowest BCUT2D eigenvalue weighted by Gasteiger charge is -2.32. The Morgan fingerprint density at radius 2 is 1.96 bits per heavy atom. The van der Waals surface area contributed by atoms with Gasteiger partial charge in [-0.2, -0.15) is 0 Å². The second-order valence-corrected chi connectivity index (χ2v) is 7.10. The lowest BCUT2D eigenvalue weighted by Crippen LogP contribution is -2.39. The number of benzene rings is 1. The summed E-state index contributed by atoms with van der Waals surface area (Å²) in [6.45, 7) is 1.41. The fourth-order valence-electron chi connectivity index (χ4n) is 3.44. The highest BCUT2D eigenvalue weighted by Crippen LogP contribution is 2.28. The number of rotatable bonds is 3. The number of halogens is 1. The zero-order valence-electron chi connectivity index (χ0n) is 14.8. The monoisotopic (exact) mass is 378 g/mol. The molecule has 1 atom stereocenters. The zero-order chi connectivity index (χ0) is 18.6. The standard InChI is InChI=1S/C21H19ClN4O/c22-18-5-1-3-16(11-18)19-12-24-13-20(25-19)17-4-2-10-26(14-17)21(27)15-6-8-23-9-7-15/h1,3,5-9,11-13,17H,2,4,10,14H2/t17-/m0/s1. The van der Waals surface area contributed by atoms with Gasteiger partial charge in [0.15, 0.2) is 0 Å². The quantitative estimate of drug-likeness (QED) is 0.685. The summed E-state index contributed by atoms with van der Waals surface area (Å²) in [7, 11) is 0. The molecule has 1 saturated heterocycles. The van der Waals surface area contributed by atoms with E-state index in [1.165, 1.54) is 0 Å². The van der Waals surface area contributed by atoms with Crippen molar-refractivity contribution >= 4 is 17.5 Å². The van der Waals surface area contributed by atoms with Gasteiger partial charge in [0.2, 0.25) is 0 Å². The third-order valence-corrected chi connectivity index (χ3v) is 5.06. The highest BCUT2D eigenvalue weighted by atomic mass is 35.5. The molecule has 0 unspecified atom stereocenters. The summed E-state index contributed by atoms with van der Waals surface area (Å²) in [4.78, 5) is 27.8. The molecule has 2 aromatic heterocycles. The molecule has 0 N–H and O–H groups in total. The summed E-state index contributed by atoms with van der Waals surface area (Å²) in [5, 5.41) is 0.673. The van der Waals surface area contributed by atoms with Crippen LogP contribution in [0.15, 0.2) is 61.2 Å². The molecule has 3 heterocycles. The van der Waals surface area contributed by atoms with Gasteiger partial charge in [0, 0.05) is 53.7 Å². The Bertz CT molecular complexity index is 948. The van der Waals surface area contributed by atoms with Crippen molar-refractivity contribution in [2.45, 2.75) is 18.8 Å². The van der Waals surface area contributed by atoms with E-state index in [9.17, 15) is 4.79 Å². The first-order valence-corrected chi connectivity index (χ1v) is 9.36. The number of aromatic nitrogens is 3. The molecule has 27 heavy (non-hydrogen) atoms. The Morgan fingerprint density at radius 1 is 1.11 bits per heavy atom. The van der Waals surface area contributed by atoms with Crippen LogP contribution in [0.2, 0.25) is 5.02 Å². The molecule has 0 radical (unpaired) electrons. The van der Waals surface area contributed by atoms with Gasteiger partial charge >= 0.3 is 0 Å². The molecule has 3 aromatic rings. The third kappa shape index (κ3) is 3.98. The topological polar surface area (TPSA) is 59.0 Å². The predicted octanol–water partition coefficient (Wildman–Crippen LogP) is 4.21. The number of hydrogen-bond acceptors (Lipinski definition) is 4. The van der Waals surface area contributed by atoms with Gasteiger partial charge in [0.05, 0.1) is 17.6 Å². The van der Waals surface area contributed by atoms with Gasteiger partial charge in [0.1, 0.15) is 0 Å². The van der Waals surface area contributed by atoms with E-state index in [2.05, 4.69) is 9.97 Å². The van der Waals surface area contributed by atoms with Crippen molar-refractivity contribution in [3.8, 4) is 11.3 Å². The molecular formula is C21H19ClN4O. The average molecular weight is 379 g/mol. The normalized spacial score (nSPS) is 16.9. The molecule has 6 heteroatoms. The number of likely N-dealkylation sites (tertiary alicyclic amines) is 1. The molecule has 1 aliphatic rings. The van der Waals surface area contributed by atoms with Crippen LogP contribution in [0.25, 0.3) is 11.3 Å². The average Bonchev–Trinajstić information content (AvgIpc) is 2.74. The SMILES string of the molecule is O=C(c1ccncc1)N1CCC[C@H](c2cncc(-c3cccc(Cl)c3)n2)C1. The highest BCUT2D eigenvalue weighted by molar-refractivity contribution is 6.30. The predicted molar refractivity (Wildman–Crippen MR) is 105 cm³/mol. The molecule has 1 aromatic carbocycles. The maximum absolute atomic E-state index is 12.7. The molecule has 5 nitrogen and oxygen atoms in total. The zero-order valence-corrected chi connectivity index (χ0v) is 15.5. The van der Waals surface area contributed by atoms with Crippen LogP contribution in [0, 0.1) is 0 Å². The van der Waals surface area contributed by atoms with Crippen molar-refractivity contribution in [3.05, 3.63) is 77.5 Å². The first-order valence-electron chi connectivity index (χ1n) is 8.98. The van der Waals surface area contributed by atoms with Gasteiger partial charge in [-0.3, -0.25) is 14.8 Å². The number of carbonyl (C=O) groups is 1. The van der Waals surface area contributed by atoms with Crippen molar-refractivity contribution in [2.75, 3.05) is 13.1 Å². The number of piperidine rings is 1. The van der Waals surface area contributed by atoms with Crippen LogP contribution >= 0.6 is 11.6 Å². The number of carbonyl (C=O) groups excluding carboxylic acids is 1. The summed E-state index contributed by atoms with van der Waals surface area (Å²) in [6, 6.07) is 11.1. The fraction of sp³-hybridized carbons (Fsp3) is 0.238. The van der Waals surface area contributed by atoms with Crippen LogP contribution in [0.1, 0.15) is 34.8 Å². The van der Waals surface area contributed by atoms with Gasteiger partial charge in [0.25, 0.3) is 5.91 Å². The lowest BCUT2D eigenvalue weighted by atomic mass is 9.94. The second kappa shape index (κ2) is 7.84. The van der Waals surface area contributed by atoms with E-state index in [1.54, 1.807) is 36.9 Å². The van der Waals surface area contributed by atoms with Gasteiger partial charge in [-0.1, -0.05) is 23.7 Å². The molecule has 136 valence electrons. The summed E-state index contributed by atoms with van der Waals surface area (Å²) in [5.74, 6) is 0.220. The van der Waals surface area contributed by atoms with Crippen molar-refractivity contribution in [3.63, 3.8) is 0 Å². The van der Waals surface area contributed by atoms with E-state index in [4.69, 9.17) is 16.6 Å². The van der Waals surface area contributed by atoms with Crippen LogP contribution in [0.4, 0.5) is 0 Å². The van der Waals surface area contributed by atoms with Gasteiger partial charge < -0.3 is 4.90 Å². The van der Waals surface area contributed by atoms with Gasteiger partial charge in [-0.15, -0.1) is 0 Å². The molecule has 4 rings (SSSR count). The van der Waals surface area contributed by atoms with E-state index in [1.807, 2.05) is 29.2 Å². The summed E-state index contributed by atoms with van der Waals surface area (Å²) in [5.41, 5.74) is 3.33. The first kappa shape index (κ1) is 17.6. The lowest BCUT2D eigenvalue weighted by molar-refractivity contribution is 0.0705. The molecule has 1 aliphatic heterocycles. The molecule has 1 fully saturated rings. The Balaban J connectivity index is 1.55. The Morgan fingerprint density at radius 3 is 2.78 bits per heavy atom. The minimum Gasteiger partial charge on any atom is -0.338 e. The van der Waals surface area contributed by atoms with Crippen molar-refractivity contribution in [1.29, 1.82) is 0 Å². The molecule has 1 amide bonds. The Hall–Kier alpha value is -2.79. The van der Waals surface area contributed by atoms with Crippen LogP contribution in [-0.2, 0) is 0 Å². The highest BCUT2D eigenvalue weighted by Gasteiger charge is 2.26. The number of amides is 1. The maximum atomic E-state index is 12.7. The Labute approximate surface area is 163 Å². The minimum absolute atomic E-state index is 0.0426. The van der Waals surface area contributed by atoms with Crippen molar-refractivity contribution in [1.82, 2.24) is 19.9 Å². The number of hydrogen-bond donors (Lipinski definition) is 0. The van der Waals surface area contributed by atoms with Crippen molar-refractivity contribution in [2.24, 2.45) is 0 Å². The Kier molecular flexibility index (Phi) is 5.12. The van der Waals surface area contributed by atoms with E-state index in [0.29, 0.717) is 17.1 Å². The molecule has 0 bridgehead atoms. The minimum atomic E-state index is 0.0426. The largest absolute Gasteiger partial charge is 0.338 e. The molecular weight excluding hydrogens is 360 g/mol. The van der Waals surface area contributed by atoms with Crippen LogP contribution in [0.3, 0.4) is 0 Å². The fourth-order valence-corrected chi connectivity index (χ4v) is 3.64. The number of pyridine rings is 1. The van der Waals surface area contributed by atoms with E-state index in [-0.39, 0.29) is 11.8 Å². The van der Waals surface area contributed by atoms with E-state index in [0.717, 1.165) is 36.3 Å². The summed E-state index contributed by atoms with van der Waals surface area (Å²) in [6.07, 6.45) is 8.79. The molecule has 0 spiro atoms. The second-order valence-electron chi connectivity index (χ2n) is 6.67.